The van der Waals surface area contributed by atoms with Gasteiger partial charge in [0.25, 0.3) is 0 Å². The lowest BCUT2D eigenvalue weighted by Gasteiger charge is -2.43. The number of methoxy groups -OCH3 is 1. The predicted molar refractivity (Wildman–Crippen MR) is 115 cm³/mol. The van der Waals surface area contributed by atoms with E-state index in [-0.39, 0.29) is 0 Å². The Morgan fingerprint density at radius 2 is 2.12 bits per heavy atom. The third kappa shape index (κ3) is 4.63. The van der Waals surface area contributed by atoms with Gasteiger partial charge in [0.2, 0.25) is 5.95 Å². The van der Waals surface area contributed by atoms with E-state index >= 15 is 0 Å². The van der Waals surface area contributed by atoms with Gasteiger partial charge in [0.05, 0.1) is 23.5 Å². The summed E-state index contributed by atoms with van der Waals surface area (Å²) in [5.74, 6) is -0.593. The quantitative estimate of drug-likeness (QED) is 0.511. The van der Waals surface area contributed by atoms with E-state index in [2.05, 4.69) is 20.3 Å². The Hall–Kier alpha value is -2.15. The van der Waals surface area contributed by atoms with Gasteiger partial charge in [0, 0.05) is 30.0 Å². The fourth-order valence-electron chi connectivity index (χ4n) is 3.49. The molecular weight excluding hydrogens is 461 g/mol. The minimum Gasteiger partial charge on any atom is -0.394 e. The van der Waals surface area contributed by atoms with Crippen LogP contribution >= 0.6 is 23.4 Å². The molecule has 1 aliphatic heterocycles. The molecule has 5 atom stereocenters. The number of rotatable bonds is 6. The molecule has 0 aliphatic carbocycles. The van der Waals surface area contributed by atoms with E-state index in [1.165, 1.54) is 29.8 Å². The summed E-state index contributed by atoms with van der Waals surface area (Å²) in [7, 11) is 1.49. The molecule has 0 spiro atoms. The zero-order chi connectivity index (χ0) is 22.8. The smallest absolute Gasteiger partial charge is 0.216 e. The number of thioether (sulfide) groups is 1. The standard InChI is InChI=1S/C20H21ClFN5O4S/c1-10-3-4-13(24-19(10)22)14-8-27(26-25-14)16-17(29)15(9-28)31-20(18(16)30-2)32-12-5-11(21)6-23-7-12/h3-8,15-18,20,28-29H,9H2,1-2H3/t15?,16-,17-,18?,20+/m0/s1. The normalized spacial score (nSPS) is 25.8. The molecule has 0 amide bonds. The van der Waals surface area contributed by atoms with Gasteiger partial charge in [-0.25, -0.2) is 9.67 Å². The van der Waals surface area contributed by atoms with Crippen LogP contribution in [0.2, 0.25) is 5.02 Å². The maximum Gasteiger partial charge on any atom is 0.216 e. The Bertz CT molecular complexity index is 1090. The summed E-state index contributed by atoms with van der Waals surface area (Å²) < 4.78 is 26.9. The summed E-state index contributed by atoms with van der Waals surface area (Å²) >= 11 is 7.33. The Labute approximate surface area is 192 Å². The molecule has 3 aromatic rings. The summed E-state index contributed by atoms with van der Waals surface area (Å²) in [5.41, 5.74) is 0.445. The second kappa shape index (κ2) is 9.77. The van der Waals surface area contributed by atoms with Crippen LogP contribution in [0.25, 0.3) is 11.4 Å². The number of nitrogens with zero attached hydrogens (tertiary/aromatic N) is 5. The van der Waals surface area contributed by atoms with Gasteiger partial charge in [0.15, 0.2) is 0 Å². The number of hydrogen-bond donors (Lipinski definition) is 2. The molecule has 2 N–H and O–H groups in total. The van der Waals surface area contributed by atoms with Crippen molar-refractivity contribution in [2.45, 2.75) is 41.6 Å². The van der Waals surface area contributed by atoms with E-state index < -0.39 is 42.3 Å². The van der Waals surface area contributed by atoms with Crippen LogP contribution in [0.15, 0.2) is 41.7 Å². The number of ether oxygens (including phenoxy) is 2. The second-order valence-corrected chi connectivity index (χ2v) is 8.86. The fraction of sp³-hybridized carbons (Fsp3) is 0.400. The Kier molecular flexibility index (Phi) is 7.03. The third-order valence-electron chi connectivity index (χ3n) is 5.14. The summed E-state index contributed by atoms with van der Waals surface area (Å²) in [6.07, 6.45) is 2.00. The van der Waals surface area contributed by atoms with Crippen LogP contribution < -0.4 is 0 Å². The number of halogens is 2. The van der Waals surface area contributed by atoms with Crippen LogP contribution in [0, 0.1) is 12.9 Å². The first-order valence-corrected chi connectivity index (χ1v) is 11.0. The minimum atomic E-state index is -1.14. The maximum atomic E-state index is 13.9. The van der Waals surface area contributed by atoms with Crippen LogP contribution in [-0.4, -0.2) is 72.6 Å². The first-order chi connectivity index (χ1) is 15.4. The number of pyridine rings is 2. The highest BCUT2D eigenvalue weighted by molar-refractivity contribution is 7.99. The van der Waals surface area contributed by atoms with E-state index in [0.717, 1.165) is 4.90 Å². The molecule has 0 bridgehead atoms. The molecule has 3 aromatic heterocycles. The molecule has 4 heterocycles. The molecule has 9 nitrogen and oxygen atoms in total. The molecule has 1 fully saturated rings. The van der Waals surface area contributed by atoms with Crippen molar-refractivity contribution in [2.75, 3.05) is 13.7 Å². The lowest BCUT2D eigenvalue weighted by atomic mass is 9.97. The molecule has 4 rings (SSSR count). The summed E-state index contributed by atoms with van der Waals surface area (Å²) in [5, 5.41) is 29.4. The lowest BCUT2D eigenvalue weighted by molar-refractivity contribution is -0.186. The lowest BCUT2D eigenvalue weighted by Crippen LogP contribution is -2.55. The molecule has 12 heteroatoms. The molecule has 1 saturated heterocycles. The molecule has 170 valence electrons. The first-order valence-electron chi connectivity index (χ1n) is 9.71. The van der Waals surface area contributed by atoms with E-state index in [1.54, 1.807) is 37.5 Å². The molecule has 2 unspecified atom stereocenters. The van der Waals surface area contributed by atoms with Crippen molar-refractivity contribution in [3.8, 4) is 11.4 Å². The van der Waals surface area contributed by atoms with Crippen LogP contribution in [0.3, 0.4) is 0 Å². The van der Waals surface area contributed by atoms with Gasteiger partial charge in [-0.1, -0.05) is 34.6 Å². The summed E-state index contributed by atoms with van der Waals surface area (Å²) in [6, 6.07) is 4.23. The molecule has 0 radical (unpaired) electrons. The summed E-state index contributed by atoms with van der Waals surface area (Å²) in [6.45, 7) is 1.21. The van der Waals surface area contributed by atoms with Gasteiger partial charge in [-0.05, 0) is 19.1 Å². The number of aromatic nitrogens is 5. The first kappa shape index (κ1) is 23.0. The topological polar surface area (TPSA) is 115 Å². The van der Waals surface area contributed by atoms with E-state index in [4.69, 9.17) is 21.1 Å². The van der Waals surface area contributed by atoms with Gasteiger partial charge < -0.3 is 19.7 Å². The van der Waals surface area contributed by atoms with Crippen molar-refractivity contribution < 1.29 is 24.1 Å². The Morgan fingerprint density at radius 3 is 2.81 bits per heavy atom. The molecule has 0 aromatic carbocycles. The SMILES string of the molecule is COC1[C@@H](Sc2cncc(Cl)c2)OC(CO)[C@H](O)[C@@H]1n1cc(-c2ccc(C)c(F)n2)nn1. The highest BCUT2D eigenvalue weighted by atomic mass is 35.5. The number of aliphatic hydroxyl groups is 2. The van der Waals surface area contributed by atoms with Crippen LogP contribution in [-0.2, 0) is 9.47 Å². The predicted octanol–water partition coefficient (Wildman–Crippen LogP) is 2.26. The Morgan fingerprint density at radius 1 is 1.31 bits per heavy atom. The molecule has 32 heavy (non-hydrogen) atoms. The van der Waals surface area contributed by atoms with Crippen molar-refractivity contribution in [2.24, 2.45) is 0 Å². The average Bonchev–Trinajstić information content (AvgIpc) is 3.26. The van der Waals surface area contributed by atoms with Gasteiger partial charge >= 0.3 is 0 Å². The van der Waals surface area contributed by atoms with Gasteiger partial charge in [-0.15, -0.1) is 5.10 Å². The van der Waals surface area contributed by atoms with E-state index in [0.29, 0.717) is 22.0 Å². The number of aliphatic hydroxyl groups excluding tert-OH is 2. The van der Waals surface area contributed by atoms with Crippen LogP contribution in [0.5, 0.6) is 0 Å². The van der Waals surface area contributed by atoms with Crippen molar-refractivity contribution in [3.05, 3.63) is 53.3 Å². The zero-order valence-electron chi connectivity index (χ0n) is 17.2. The highest BCUT2D eigenvalue weighted by Crippen LogP contribution is 2.39. The zero-order valence-corrected chi connectivity index (χ0v) is 18.7. The van der Waals surface area contributed by atoms with E-state index in [1.807, 2.05) is 0 Å². The summed E-state index contributed by atoms with van der Waals surface area (Å²) in [4.78, 5) is 8.71. The Balaban J connectivity index is 1.66. The van der Waals surface area contributed by atoms with Gasteiger partial charge in [0.1, 0.15) is 35.5 Å². The molecule has 0 saturated carbocycles. The second-order valence-electron chi connectivity index (χ2n) is 7.25. The van der Waals surface area contributed by atoms with Gasteiger partial charge in [-0.3, -0.25) is 4.98 Å². The fourth-order valence-corrected chi connectivity index (χ4v) is 4.91. The monoisotopic (exact) mass is 481 g/mol. The molecule has 1 aliphatic rings. The van der Waals surface area contributed by atoms with Crippen molar-refractivity contribution in [3.63, 3.8) is 0 Å². The van der Waals surface area contributed by atoms with Crippen molar-refractivity contribution in [1.29, 1.82) is 0 Å². The average molecular weight is 482 g/mol. The third-order valence-corrected chi connectivity index (χ3v) is 6.46. The van der Waals surface area contributed by atoms with Crippen LogP contribution in [0.4, 0.5) is 4.39 Å². The minimum absolute atomic E-state index is 0.310. The highest BCUT2D eigenvalue weighted by Gasteiger charge is 2.47. The van der Waals surface area contributed by atoms with Crippen molar-refractivity contribution >= 4 is 23.4 Å². The van der Waals surface area contributed by atoms with Crippen molar-refractivity contribution in [1.82, 2.24) is 25.0 Å². The van der Waals surface area contributed by atoms with Crippen LogP contribution in [0.1, 0.15) is 11.6 Å². The number of hydrogen-bond acceptors (Lipinski definition) is 9. The maximum absolute atomic E-state index is 13.9. The largest absolute Gasteiger partial charge is 0.394 e. The van der Waals surface area contributed by atoms with Gasteiger partial charge in [-0.2, -0.15) is 4.39 Å². The molecular formula is C20H21ClFN5O4S. The number of aryl methyl sites for hydroxylation is 1. The van der Waals surface area contributed by atoms with E-state index in [9.17, 15) is 14.6 Å².